The van der Waals surface area contributed by atoms with Crippen LogP contribution in [0.3, 0.4) is 0 Å². The number of amides is 1. The number of rotatable bonds is 7. The molecule has 8 nitrogen and oxygen atoms in total. The molecule has 2 fully saturated rings. The lowest BCUT2D eigenvalue weighted by molar-refractivity contribution is -0.130. The van der Waals surface area contributed by atoms with Crippen molar-refractivity contribution in [2.75, 3.05) is 43.4 Å². The molecule has 0 saturated carbocycles. The number of benzene rings is 1. The van der Waals surface area contributed by atoms with Gasteiger partial charge in [0.2, 0.25) is 11.8 Å². The maximum atomic E-state index is 12.5. The zero-order valence-corrected chi connectivity index (χ0v) is 18.4. The van der Waals surface area contributed by atoms with Crippen molar-refractivity contribution in [3.8, 4) is 0 Å². The minimum atomic E-state index is -2.91. The molecular formula is C20H26N4O4S2. The van der Waals surface area contributed by atoms with E-state index in [1.165, 1.54) is 17.3 Å². The van der Waals surface area contributed by atoms with Gasteiger partial charge in [-0.1, -0.05) is 42.1 Å². The van der Waals surface area contributed by atoms with Gasteiger partial charge in [0.1, 0.15) is 0 Å². The summed E-state index contributed by atoms with van der Waals surface area (Å²) in [7, 11) is -2.91. The summed E-state index contributed by atoms with van der Waals surface area (Å²) in [5.41, 5.74) is 1.29. The lowest BCUT2D eigenvalue weighted by atomic mass is 10.1. The molecule has 1 amide bonds. The topological polar surface area (TPSA) is 96.6 Å². The Balaban J connectivity index is 1.19. The maximum absolute atomic E-state index is 12.5. The van der Waals surface area contributed by atoms with Crippen molar-refractivity contribution in [1.82, 2.24) is 20.0 Å². The molecule has 2 aliphatic heterocycles. The number of aromatic nitrogens is 2. The monoisotopic (exact) mass is 450 g/mol. The first kappa shape index (κ1) is 21.3. The van der Waals surface area contributed by atoms with E-state index in [1.807, 2.05) is 23.1 Å². The van der Waals surface area contributed by atoms with Crippen LogP contribution in [0.1, 0.15) is 17.9 Å². The smallest absolute Gasteiger partial charge is 0.277 e. The van der Waals surface area contributed by atoms with E-state index in [0.29, 0.717) is 24.0 Å². The van der Waals surface area contributed by atoms with Crippen molar-refractivity contribution in [3.63, 3.8) is 0 Å². The van der Waals surface area contributed by atoms with Gasteiger partial charge in [0.15, 0.2) is 9.84 Å². The van der Waals surface area contributed by atoms with Crippen LogP contribution in [0.15, 0.2) is 40.0 Å². The Morgan fingerprint density at radius 1 is 1.13 bits per heavy atom. The molecule has 1 atom stereocenters. The summed E-state index contributed by atoms with van der Waals surface area (Å²) in [6.07, 6.45) is 1.12. The molecule has 0 N–H and O–H groups in total. The number of nitrogens with zero attached hydrogens (tertiary/aromatic N) is 4. The minimum Gasteiger partial charge on any atom is -0.416 e. The molecule has 3 heterocycles. The highest BCUT2D eigenvalue weighted by atomic mass is 32.2. The van der Waals surface area contributed by atoms with Gasteiger partial charge in [-0.15, -0.1) is 10.2 Å². The molecule has 1 aromatic carbocycles. The third kappa shape index (κ3) is 5.83. The molecule has 162 valence electrons. The fourth-order valence-corrected chi connectivity index (χ4v) is 6.42. The van der Waals surface area contributed by atoms with E-state index < -0.39 is 9.84 Å². The molecular weight excluding hydrogens is 424 g/mol. The standard InChI is InChI=1S/C20H26N4O4S2/c25-19(24-9-7-23(8-10-24)13-16-4-2-1-3-5-16)14-29-20-22-21-18(28-20)12-17-6-11-30(26,27)15-17/h1-5,17H,6-15H2/t17-/m1/s1. The number of piperazine rings is 1. The fourth-order valence-electron chi connectivity index (χ4n) is 3.87. The first-order valence-electron chi connectivity index (χ1n) is 10.2. The number of carbonyl (C=O) groups is 1. The van der Waals surface area contributed by atoms with Gasteiger partial charge in [-0.05, 0) is 17.9 Å². The second-order valence-electron chi connectivity index (χ2n) is 7.87. The Bertz CT molecular complexity index is 956. The third-order valence-corrected chi connectivity index (χ3v) is 8.17. The second-order valence-corrected chi connectivity index (χ2v) is 11.0. The lowest BCUT2D eigenvalue weighted by Crippen LogP contribution is -2.48. The minimum absolute atomic E-state index is 0.0436. The Morgan fingerprint density at radius 2 is 1.90 bits per heavy atom. The van der Waals surface area contributed by atoms with Crippen molar-refractivity contribution < 1.29 is 17.6 Å². The molecule has 2 saturated heterocycles. The van der Waals surface area contributed by atoms with Gasteiger partial charge in [0.25, 0.3) is 5.22 Å². The Morgan fingerprint density at radius 3 is 2.60 bits per heavy atom. The van der Waals surface area contributed by atoms with Crippen LogP contribution >= 0.6 is 11.8 Å². The van der Waals surface area contributed by atoms with Crippen LogP contribution < -0.4 is 0 Å². The van der Waals surface area contributed by atoms with Gasteiger partial charge >= 0.3 is 0 Å². The third-order valence-electron chi connectivity index (χ3n) is 5.53. The average molecular weight is 451 g/mol. The normalized spacial score (nSPS) is 21.7. The highest BCUT2D eigenvalue weighted by Crippen LogP contribution is 2.24. The summed E-state index contributed by atoms with van der Waals surface area (Å²) < 4.78 is 28.7. The van der Waals surface area contributed by atoms with Crippen LogP contribution in [0, 0.1) is 5.92 Å². The number of thioether (sulfide) groups is 1. The van der Waals surface area contributed by atoms with Crippen LogP contribution in [0.4, 0.5) is 0 Å². The predicted molar refractivity (Wildman–Crippen MR) is 114 cm³/mol. The first-order valence-corrected chi connectivity index (χ1v) is 13.0. The summed E-state index contributed by atoms with van der Waals surface area (Å²) in [5, 5.41) is 8.36. The second kappa shape index (κ2) is 9.49. The quantitative estimate of drug-likeness (QED) is 0.586. The highest BCUT2D eigenvalue weighted by Gasteiger charge is 2.29. The van der Waals surface area contributed by atoms with E-state index in [4.69, 9.17) is 4.42 Å². The molecule has 0 spiro atoms. The zero-order valence-electron chi connectivity index (χ0n) is 16.8. The van der Waals surface area contributed by atoms with Gasteiger partial charge in [0, 0.05) is 39.1 Å². The molecule has 10 heteroatoms. The summed E-state index contributed by atoms with van der Waals surface area (Å²) in [6.45, 7) is 4.07. The zero-order chi connectivity index (χ0) is 21.0. The molecule has 0 radical (unpaired) electrons. The van der Waals surface area contributed by atoms with Gasteiger partial charge in [-0.25, -0.2) is 8.42 Å². The van der Waals surface area contributed by atoms with Crippen molar-refractivity contribution in [2.45, 2.75) is 24.6 Å². The molecule has 0 aliphatic carbocycles. The first-order chi connectivity index (χ1) is 14.5. The van der Waals surface area contributed by atoms with E-state index in [-0.39, 0.29) is 29.1 Å². The Kier molecular flexibility index (Phi) is 6.74. The number of sulfone groups is 1. The summed E-state index contributed by atoms with van der Waals surface area (Å²) in [5.74, 6) is 1.25. The van der Waals surface area contributed by atoms with Crippen molar-refractivity contribution in [1.29, 1.82) is 0 Å². The summed E-state index contributed by atoms with van der Waals surface area (Å²) in [6, 6.07) is 10.4. The van der Waals surface area contributed by atoms with Crippen LogP contribution in [0.5, 0.6) is 0 Å². The van der Waals surface area contributed by atoms with E-state index in [0.717, 1.165) is 32.7 Å². The van der Waals surface area contributed by atoms with Crippen LogP contribution in [0.25, 0.3) is 0 Å². The molecule has 2 aromatic rings. The van der Waals surface area contributed by atoms with Crippen LogP contribution in [-0.4, -0.2) is 77.8 Å². The largest absolute Gasteiger partial charge is 0.416 e. The number of hydrogen-bond donors (Lipinski definition) is 0. The number of carbonyl (C=O) groups excluding carboxylic acids is 1. The van der Waals surface area contributed by atoms with Gasteiger partial charge in [-0.3, -0.25) is 9.69 Å². The van der Waals surface area contributed by atoms with Gasteiger partial charge < -0.3 is 9.32 Å². The molecule has 2 aliphatic rings. The summed E-state index contributed by atoms with van der Waals surface area (Å²) in [4.78, 5) is 16.8. The summed E-state index contributed by atoms with van der Waals surface area (Å²) >= 11 is 1.24. The van der Waals surface area contributed by atoms with Crippen molar-refractivity contribution in [3.05, 3.63) is 41.8 Å². The predicted octanol–water partition coefficient (Wildman–Crippen LogP) is 1.48. The molecule has 4 rings (SSSR count). The van der Waals surface area contributed by atoms with E-state index in [1.54, 1.807) is 0 Å². The molecule has 0 bridgehead atoms. The molecule has 30 heavy (non-hydrogen) atoms. The van der Waals surface area contributed by atoms with Gasteiger partial charge in [-0.2, -0.15) is 0 Å². The molecule has 0 unspecified atom stereocenters. The highest BCUT2D eigenvalue weighted by molar-refractivity contribution is 7.99. The number of hydrogen-bond acceptors (Lipinski definition) is 8. The van der Waals surface area contributed by atoms with Crippen molar-refractivity contribution >= 4 is 27.5 Å². The van der Waals surface area contributed by atoms with E-state index in [2.05, 4.69) is 27.2 Å². The van der Waals surface area contributed by atoms with Crippen LogP contribution in [-0.2, 0) is 27.6 Å². The van der Waals surface area contributed by atoms with E-state index >= 15 is 0 Å². The Hall–Kier alpha value is -1.91. The van der Waals surface area contributed by atoms with Gasteiger partial charge in [0.05, 0.1) is 17.3 Å². The molecule has 1 aromatic heterocycles. The SMILES string of the molecule is O=C(CSc1nnc(C[C@H]2CCS(=O)(=O)C2)o1)N1CCN(Cc2ccccc2)CC1. The Labute approximate surface area is 180 Å². The maximum Gasteiger partial charge on any atom is 0.277 e. The lowest BCUT2D eigenvalue weighted by Gasteiger charge is -2.34. The fraction of sp³-hybridized carbons (Fsp3) is 0.550. The average Bonchev–Trinajstić information content (AvgIpc) is 3.33. The van der Waals surface area contributed by atoms with Crippen molar-refractivity contribution in [2.24, 2.45) is 5.92 Å². The van der Waals surface area contributed by atoms with Crippen LogP contribution in [0.2, 0.25) is 0 Å². The van der Waals surface area contributed by atoms with E-state index in [9.17, 15) is 13.2 Å².